The zero-order chi connectivity index (χ0) is 7.45. The maximum absolute atomic E-state index is 5.36. The summed E-state index contributed by atoms with van der Waals surface area (Å²) in [6, 6.07) is 0. The molecule has 2 heteroatoms. The van der Waals surface area contributed by atoms with Gasteiger partial charge in [-0.2, -0.15) is 0 Å². The fraction of sp³-hybridized carbons (Fsp3) is 0.875. The van der Waals surface area contributed by atoms with Gasteiger partial charge in [0.1, 0.15) is 11.2 Å². The van der Waals surface area contributed by atoms with Crippen LogP contribution in [0.2, 0.25) is 0 Å². The van der Waals surface area contributed by atoms with E-state index in [9.17, 15) is 0 Å². The van der Waals surface area contributed by atoms with Gasteiger partial charge in [-0.1, -0.05) is 6.42 Å². The molecule has 58 valence electrons. The van der Waals surface area contributed by atoms with Gasteiger partial charge in [-0.25, -0.2) is 0 Å². The van der Waals surface area contributed by atoms with E-state index in [0.29, 0.717) is 0 Å². The lowest BCUT2D eigenvalue weighted by atomic mass is 9.86. The molecule has 10 heavy (non-hydrogen) atoms. The smallest absolute Gasteiger partial charge is 0.147 e. The molecule has 0 heterocycles. The van der Waals surface area contributed by atoms with E-state index in [-0.39, 0.29) is 5.60 Å². The van der Waals surface area contributed by atoms with E-state index in [4.69, 9.17) is 4.74 Å². The van der Waals surface area contributed by atoms with Crippen LogP contribution in [-0.4, -0.2) is 11.2 Å². The molecule has 0 spiro atoms. The Morgan fingerprint density at radius 3 is 2.40 bits per heavy atom. The second-order valence-corrected chi connectivity index (χ2v) is 3.42. The van der Waals surface area contributed by atoms with Crippen LogP contribution >= 0.6 is 12.2 Å². The molecule has 0 aromatic heterocycles. The van der Waals surface area contributed by atoms with Crippen LogP contribution in [0.25, 0.3) is 0 Å². The van der Waals surface area contributed by atoms with Gasteiger partial charge in [0.05, 0.1) is 0 Å². The molecule has 0 saturated heterocycles. The molecule has 0 radical (unpaired) electrons. The molecule has 0 aliphatic heterocycles. The Labute approximate surface area is 67.8 Å². The van der Waals surface area contributed by atoms with E-state index < -0.39 is 0 Å². The van der Waals surface area contributed by atoms with Crippen LogP contribution < -0.4 is 0 Å². The summed E-state index contributed by atoms with van der Waals surface area (Å²) in [5.41, 5.74) is 1.48. The fourth-order valence-electron chi connectivity index (χ4n) is 1.53. The van der Waals surface area contributed by atoms with Crippen LogP contribution in [0.5, 0.6) is 0 Å². The Morgan fingerprint density at radius 2 is 1.90 bits per heavy atom. The molecule has 0 unspecified atom stereocenters. The van der Waals surface area contributed by atoms with Crippen molar-refractivity contribution in [3.05, 3.63) is 0 Å². The lowest BCUT2D eigenvalue weighted by Crippen LogP contribution is -2.30. The maximum Gasteiger partial charge on any atom is 0.147 e. The first kappa shape index (κ1) is 7.99. The highest BCUT2D eigenvalue weighted by Crippen LogP contribution is 2.30. The fourth-order valence-corrected chi connectivity index (χ4v) is 1.77. The molecule has 0 N–H and O–H groups in total. The van der Waals surface area contributed by atoms with E-state index in [1.165, 1.54) is 37.7 Å². The van der Waals surface area contributed by atoms with Crippen molar-refractivity contribution >= 4 is 17.8 Å². The standard InChI is InChI=1S/C8H14OS/c1-8(9-7-10)5-3-2-4-6-8/h7H,2-6H2,1H3. The Hall–Kier alpha value is -0.110. The lowest BCUT2D eigenvalue weighted by Gasteiger charge is -2.32. The van der Waals surface area contributed by atoms with Gasteiger partial charge in [-0.05, 0) is 44.8 Å². The number of rotatable bonds is 2. The van der Waals surface area contributed by atoms with Crippen LogP contribution in [0.15, 0.2) is 0 Å². The number of thiocarbonyl (C=S) groups is 1. The van der Waals surface area contributed by atoms with Gasteiger partial charge in [0.15, 0.2) is 0 Å². The first-order valence-corrected chi connectivity index (χ1v) is 4.35. The third kappa shape index (κ3) is 1.94. The van der Waals surface area contributed by atoms with Crippen molar-refractivity contribution in [3.63, 3.8) is 0 Å². The summed E-state index contributed by atoms with van der Waals surface area (Å²) >= 11 is 4.66. The third-order valence-corrected chi connectivity index (χ3v) is 2.34. The topological polar surface area (TPSA) is 9.23 Å². The van der Waals surface area contributed by atoms with E-state index in [2.05, 4.69) is 19.1 Å². The zero-order valence-corrected chi connectivity index (χ0v) is 7.25. The third-order valence-electron chi connectivity index (χ3n) is 2.24. The zero-order valence-electron chi connectivity index (χ0n) is 6.43. The second kappa shape index (κ2) is 3.33. The number of ether oxygens (including phenoxy) is 1. The Kier molecular flexibility index (Phi) is 2.66. The molecule has 1 fully saturated rings. The van der Waals surface area contributed by atoms with Gasteiger partial charge in [0.2, 0.25) is 0 Å². The number of hydrogen-bond acceptors (Lipinski definition) is 2. The molecule has 1 rings (SSSR count). The molecule has 1 nitrogen and oxygen atoms in total. The Bertz CT molecular complexity index is 116. The van der Waals surface area contributed by atoms with Gasteiger partial charge < -0.3 is 4.74 Å². The van der Waals surface area contributed by atoms with Crippen LogP contribution in [0.4, 0.5) is 0 Å². The largest absolute Gasteiger partial charge is 0.484 e. The van der Waals surface area contributed by atoms with Gasteiger partial charge in [0.25, 0.3) is 0 Å². The molecular weight excluding hydrogens is 144 g/mol. The average Bonchev–Trinajstić information content (AvgIpc) is 1.89. The minimum atomic E-state index is 0.0694. The Morgan fingerprint density at radius 1 is 1.30 bits per heavy atom. The van der Waals surface area contributed by atoms with Crippen molar-refractivity contribution in [2.75, 3.05) is 0 Å². The molecule has 1 aliphatic rings. The SMILES string of the molecule is CC1(OC=S)CCCCC1. The van der Waals surface area contributed by atoms with Crippen LogP contribution in [0.1, 0.15) is 39.0 Å². The average molecular weight is 158 g/mol. The van der Waals surface area contributed by atoms with Crippen molar-refractivity contribution < 1.29 is 4.74 Å². The molecule has 0 bridgehead atoms. The Balaban J connectivity index is 2.39. The molecule has 0 aromatic rings. The van der Waals surface area contributed by atoms with Crippen LogP contribution in [-0.2, 0) is 4.74 Å². The predicted molar refractivity (Wildman–Crippen MR) is 46.2 cm³/mol. The van der Waals surface area contributed by atoms with Gasteiger partial charge in [-0.3, -0.25) is 0 Å². The molecular formula is C8H14OS. The quantitative estimate of drug-likeness (QED) is 0.571. The van der Waals surface area contributed by atoms with Crippen LogP contribution in [0.3, 0.4) is 0 Å². The van der Waals surface area contributed by atoms with Gasteiger partial charge >= 0.3 is 0 Å². The van der Waals surface area contributed by atoms with Crippen molar-refractivity contribution in [2.45, 2.75) is 44.6 Å². The van der Waals surface area contributed by atoms with Gasteiger partial charge in [0, 0.05) is 0 Å². The van der Waals surface area contributed by atoms with E-state index in [1.54, 1.807) is 0 Å². The summed E-state index contributed by atoms with van der Waals surface area (Å²) in [6.07, 6.45) is 6.27. The highest BCUT2D eigenvalue weighted by Gasteiger charge is 2.26. The minimum Gasteiger partial charge on any atom is -0.484 e. The van der Waals surface area contributed by atoms with E-state index >= 15 is 0 Å². The summed E-state index contributed by atoms with van der Waals surface area (Å²) in [5, 5.41) is 0. The summed E-state index contributed by atoms with van der Waals surface area (Å²) in [4.78, 5) is 0. The number of hydrogen-bond donors (Lipinski definition) is 0. The van der Waals surface area contributed by atoms with E-state index in [1.807, 2.05) is 0 Å². The first-order valence-electron chi connectivity index (χ1n) is 3.88. The molecule has 1 saturated carbocycles. The van der Waals surface area contributed by atoms with Crippen molar-refractivity contribution in [1.29, 1.82) is 0 Å². The monoisotopic (exact) mass is 158 g/mol. The second-order valence-electron chi connectivity index (χ2n) is 3.22. The summed E-state index contributed by atoms with van der Waals surface area (Å²) in [7, 11) is 0. The van der Waals surface area contributed by atoms with Crippen molar-refractivity contribution in [2.24, 2.45) is 0 Å². The van der Waals surface area contributed by atoms with Gasteiger partial charge in [-0.15, -0.1) is 0 Å². The summed E-state index contributed by atoms with van der Waals surface area (Å²) < 4.78 is 5.36. The van der Waals surface area contributed by atoms with Crippen LogP contribution in [0, 0.1) is 0 Å². The van der Waals surface area contributed by atoms with Crippen molar-refractivity contribution in [1.82, 2.24) is 0 Å². The summed E-state index contributed by atoms with van der Waals surface area (Å²) in [6.45, 7) is 2.15. The highest BCUT2D eigenvalue weighted by molar-refractivity contribution is 7.78. The first-order chi connectivity index (χ1) is 4.77. The molecule has 0 amide bonds. The lowest BCUT2D eigenvalue weighted by molar-refractivity contribution is 0.0467. The molecule has 0 aromatic carbocycles. The molecule has 0 atom stereocenters. The molecule has 1 aliphatic carbocycles. The maximum atomic E-state index is 5.36. The van der Waals surface area contributed by atoms with Crippen molar-refractivity contribution in [3.8, 4) is 0 Å². The normalized spacial score (nSPS) is 23.7. The summed E-state index contributed by atoms with van der Waals surface area (Å²) in [5.74, 6) is 0. The highest BCUT2D eigenvalue weighted by atomic mass is 32.1. The predicted octanol–water partition coefficient (Wildman–Crippen LogP) is 2.68. The van der Waals surface area contributed by atoms with E-state index in [0.717, 1.165) is 0 Å². The minimum absolute atomic E-state index is 0.0694.